The molecule has 0 fully saturated rings. The molecule has 18 heavy (non-hydrogen) atoms. The van der Waals surface area contributed by atoms with Crippen LogP contribution in [0.25, 0.3) is 6.08 Å². The number of nitrogens with zero attached hydrogens (tertiary/aromatic N) is 2. The lowest BCUT2D eigenvalue weighted by Crippen LogP contribution is -2.18. The zero-order valence-electron chi connectivity index (χ0n) is 10.3. The standard InChI is InChI=1S/C14H16N2O2/c1-16(9-3-8-15)11-13-5-2-4-12(10-13)6-7-14(17)18/h2,4-7,10H,3,9,11H2,1H3,(H,17,18)/b7-6+. The first-order chi connectivity index (χ1) is 8.61. The molecule has 1 rings (SSSR count). The second-order valence-corrected chi connectivity index (χ2v) is 4.06. The molecule has 0 saturated carbocycles. The number of aliphatic carboxylic acids is 1. The first-order valence-corrected chi connectivity index (χ1v) is 5.67. The molecule has 0 heterocycles. The Balaban J connectivity index is 2.65. The Hall–Kier alpha value is -2.12. The van der Waals surface area contributed by atoms with E-state index in [1.807, 2.05) is 31.3 Å². The lowest BCUT2D eigenvalue weighted by Gasteiger charge is -2.14. The molecule has 0 aromatic heterocycles. The van der Waals surface area contributed by atoms with Gasteiger partial charge in [0.25, 0.3) is 0 Å². The van der Waals surface area contributed by atoms with Crippen LogP contribution in [-0.2, 0) is 11.3 Å². The highest BCUT2D eigenvalue weighted by Gasteiger charge is 2.00. The highest BCUT2D eigenvalue weighted by atomic mass is 16.4. The normalized spacial score (nSPS) is 10.7. The van der Waals surface area contributed by atoms with Gasteiger partial charge in [-0.15, -0.1) is 0 Å². The maximum absolute atomic E-state index is 10.4. The van der Waals surface area contributed by atoms with Gasteiger partial charge in [0.05, 0.1) is 6.07 Å². The topological polar surface area (TPSA) is 64.3 Å². The number of nitriles is 1. The van der Waals surface area contributed by atoms with Crippen molar-refractivity contribution in [2.75, 3.05) is 13.6 Å². The molecule has 4 nitrogen and oxygen atoms in total. The fourth-order valence-corrected chi connectivity index (χ4v) is 1.59. The average molecular weight is 244 g/mol. The lowest BCUT2D eigenvalue weighted by molar-refractivity contribution is -0.131. The van der Waals surface area contributed by atoms with E-state index in [9.17, 15) is 4.79 Å². The van der Waals surface area contributed by atoms with Crippen molar-refractivity contribution in [3.05, 3.63) is 41.5 Å². The quantitative estimate of drug-likeness (QED) is 0.778. The summed E-state index contributed by atoms with van der Waals surface area (Å²) in [6.45, 7) is 1.47. The number of rotatable bonds is 6. The van der Waals surface area contributed by atoms with Gasteiger partial charge in [-0.25, -0.2) is 4.79 Å². The van der Waals surface area contributed by atoms with Crippen LogP contribution in [0.3, 0.4) is 0 Å². The van der Waals surface area contributed by atoms with E-state index in [1.54, 1.807) is 6.08 Å². The van der Waals surface area contributed by atoms with Gasteiger partial charge in [0.1, 0.15) is 0 Å². The molecule has 94 valence electrons. The van der Waals surface area contributed by atoms with Crippen LogP contribution in [-0.4, -0.2) is 29.6 Å². The van der Waals surface area contributed by atoms with E-state index in [-0.39, 0.29) is 0 Å². The van der Waals surface area contributed by atoms with Crippen molar-refractivity contribution in [2.24, 2.45) is 0 Å². The monoisotopic (exact) mass is 244 g/mol. The number of hydrogen-bond donors (Lipinski definition) is 1. The van der Waals surface area contributed by atoms with Crippen LogP contribution < -0.4 is 0 Å². The lowest BCUT2D eigenvalue weighted by atomic mass is 10.1. The molecule has 0 aliphatic carbocycles. The van der Waals surface area contributed by atoms with Gasteiger partial charge in [0.15, 0.2) is 0 Å². The molecule has 4 heteroatoms. The highest BCUT2D eigenvalue weighted by molar-refractivity contribution is 5.85. The Morgan fingerprint density at radius 3 is 3.00 bits per heavy atom. The predicted octanol–water partition coefficient (Wildman–Crippen LogP) is 2.13. The minimum Gasteiger partial charge on any atom is -0.478 e. The van der Waals surface area contributed by atoms with Crippen molar-refractivity contribution in [3.8, 4) is 6.07 Å². The smallest absolute Gasteiger partial charge is 0.328 e. The van der Waals surface area contributed by atoms with E-state index < -0.39 is 5.97 Å². The molecule has 1 aromatic rings. The summed E-state index contributed by atoms with van der Waals surface area (Å²) in [4.78, 5) is 12.5. The second kappa shape index (κ2) is 7.25. The number of carboxylic acids is 1. The van der Waals surface area contributed by atoms with Gasteiger partial charge in [-0.2, -0.15) is 5.26 Å². The summed E-state index contributed by atoms with van der Waals surface area (Å²) in [6.07, 6.45) is 3.20. The molecule has 0 bridgehead atoms. The number of hydrogen-bond acceptors (Lipinski definition) is 3. The van der Waals surface area contributed by atoms with Gasteiger partial charge in [0.2, 0.25) is 0 Å². The zero-order chi connectivity index (χ0) is 13.4. The number of benzene rings is 1. The third-order valence-electron chi connectivity index (χ3n) is 2.43. The second-order valence-electron chi connectivity index (χ2n) is 4.06. The minimum absolute atomic E-state index is 0.509. The summed E-state index contributed by atoms with van der Waals surface area (Å²) < 4.78 is 0. The highest BCUT2D eigenvalue weighted by Crippen LogP contribution is 2.09. The number of carbonyl (C=O) groups is 1. The van der Waals surface area contributed by atoms with E-state index in [0.29, 0.717) is 6.42 Å². The van der Waals surface area contributed by atoms with Gasteiger partial charge in [0, 0.05) is 25.6 Å². The van der Waals surface area contributed by atoms with E-state index in [1.165, 1.54) is 0 Å². The van der Waals surface area contributed by atoms with Crippen LogP contribution in [0.15, 0.2) is 30.3 Å². The van der Waals surface area contributed by atoms with E-state index in [0.717, 1.165) is 30.3 Å². The van der Waals surface area contributed by atoms with Gasteiger partial charge in [-0.3, -0.25) is 0 Å². The maximum atomic E-state index is 10.4. The molecule has 0 unspecified atom stereocenters. The Bertz CT molecular complexity index is 475. The molecule has 0 radical (unpaired) electrons. The van der Waals surface area contributed by atoms with Gasteiger partial charge in [-0.1, -0.05) is 24.3 Å². The van der Waals surface area contributed by atoms with Crippen molar-refractivity contribution >= 4 is 12.0 Å². The molecule has 0 aliphatic rings. The van der Waals surface area contributed by atoms with Crippen molar-refractivity contribution in [2.45, 2.75) is 13.0 Å². The maximum Gasteiger partial charge on any atom is 0.328 e. The van der Waals surface area contributed by atoms with Gasteiger partial charge in [-0.05, 0) is 24.3 Å². The molecule has 0 aliphatic heterocycles. The Morgan fingerprint density at radius 2 is 2.33 bits per heavy atom. The van der Waals surface area contributed by atoms with Crippen LogP contribution in [0.4, 0.5) is 0 Å². The fraction of sp³-hybridized carbons (Fsp3) is 0.286. The first kappa shape index (κ1) is 13.9. The average Bonchev–Trinajstić information content (AvgIpc) is 2.34. The van der Waals surface area contributed by atoms with Crippen LogP contribution in [0.1, 0.15) is 17.5 Å². The summed E-state index contributed by atoms with van der Waals surface area (Å²) in [5.74, 6) is -0.952. The van der Waals surface area contributed by atoms with E-state index >= 15 is 0 Å². The first-order valence-electron chi connectivity index (χ1n) is 5.67. The molecule has 0 amide bonds. The Morgan fingerprint density at radius 1 is 1.56 bits per heavy atom. The van der Waals surface area contributed by atoms with E-state index in [2.05, 4.69) is 11.0 Å². The van der Waals surface area contributed by atoms with Crippen molar-refractivity contribution in [1.82, 2.24) is 4.90 Å². The molecule has 0 saturated heterocycles. The van der Waals surface area contributed by atoms with E-state index in [4.69, 9.17) is 10.4 Å². The van der Waals surface area contributed by atoms with Gasteiger partial charge < -0.3 is 10.0 Å². The third-order valence-corrected chi connectivity index (χ3v) is 2.43. The molecule has 1 aromatic carbocycles. The predicted molar refractivity (Wildman–Crippen MR) is 69.7 cm³/mol. The van der Waals surface area contributed by atoms with Crippen LogP contribution in [0, 0.1) is 11.3 Å². The Kier molecular flexibility index (Phi) is 5.62. The number of carboxylic acid groups (broad SMARTS) is 1. The van der Waals surface area contributed by atoms with Crippen molar-refractivity contribution < 1.29 is 9.90 Å². The molecule has 0 atom stereocenters. The van der Waals surface area contributed by atoms with Crippen LogP contribution >= 0.6 is 0 Å². The fourth-order valence-electron chi connectivity index (χ4n) is 1.59. The minimum atomic E-state index is -0.952. The summed E-state index contributed by atoms with van der Waals surface area (Å²) in [7, 11) is 1.96. The summed E-state index contributed by atoms with van der Waals surface area (Å²) in [5, 5.41) is 17.1. The molecular formula is C14H16N2O2. The summed E-state index contributed by atoms with van der Waals surface area (Å²) in [6, 6.07) is 9.80. The molecule has 0 spiro atoms. The largest absolute Gasteiger partial charge is 0.478 e. The van der Waals surface area contributed by atoms with Crippen LogP contribution in [0.2, 0.25) is 0 Å². The molecule has 1 N–H and O–H groups in total. The third kappa shape index (κ3) is 5.28. The zero-order valence-corrected chi connectivity index (χ0v) is 10.3. The summed E-state index contributed by atoms with van der Waals surface area (Å²) in [5.41, 5.74) is 1.96. The van der Waals surface area contributed by atoms with Gasteiger partial charge >= 0.3 is 5.97 Å². The SMILES string of the molecule is CN(CCC#N)Cc1cccc(/C=C/C(=O)O)c1. The van der Waals surface area contributed by atoms with Crippen LogP contribution in [0.5, 0.6) is 0 Å². The van der Waals surface area contributed by atoms with Crippen molar-refractivity contribution in [1.29, 1.82) is 5.26 Å². The van der Waals surface area contributed by atoms with Crippen molar-refractivity contribution in [3.63, 3.8) is 0 Å². The summed E-state index contributed by atoms with van der Waals surface area (Å²) >= 11 is 0. The molecular weight excluding hydrogens is 228 g/mol. The Labute approximate surface area is 107 Å².